The van der Waals surface area contributed by atoms with Crippen LogP contribution in [0.5, 0.6) is 0 Å². The van der Waals surface area contributed by atoms with Crippen molar-refractivity contribution in [2.45, 2.75) is 19.3 Å². The van der Waals surface area contributed by atoms with Crippen molar-refractivity contribution in [3.05, 3.63) is 87.7 Å². The molecule has 1 aliphatic rings. The van der Waals surface area contributed by atoms with Crippen molar-refractivity contribution >= 4 is 33.5 Å². The Kier molecular flexibility index (Phi) is 3.86. The van der Waals surface area contributed by atoms with Crippen molar-refractivity contribution in [1.29, 1.82) is 0 Å². The van der Waals surface area contributed by atoms with Crippen LogP contribution >= 0.6 is 0 Å². The van der Waals surface area contributed by atoms with Crippen molar-refractivity contribution < 1.29 is 4.79 Å². The van der Waals surface area contributed by atoms with E-state index in [1.165, 1.54) is 17.5 Å². The number of carbonyl (C=O) groups is 1. The Morgan fingerprint density at radius 3 is 2.61 bits per heavy atom. The molecule has 28 heavy (non-hydrogen) atoms. The van der Waals surface area contributed by atoms with Crippen LogP contribution in [0.25, 0.3) is 21.9 Å². The van der Waals surface area contributed by atoms with Crippen molar-refractivity contribution in [2.24, 2.45) is 0 Å². The average molecular weight is 367 g/mol. The molecule has 0 spiro atoms. The van der Waals surface area contributed by atoms with Crippen LogP contribution in [0, 0.1) is 0 Å². The second-order valence-electron chi connectivity index (χ2n) is 7.04. The molecule has 0 saturated heterocycles. The van der Waals surface area contributed by atoms with Gasteiger partial charge in [-0.25, -0.2) is 9.97 Å². The highest BCUT2D eigenvalue weighted by Crippen LogP contribution is 2.25. The fourth-order valence-electron chi connectivity index (χ4n) is 3.75. The second kappa shape index (κ2) is 6.53. The van der Waals surface area contributed by atoms with Crippen molar-refractivity contribution in [1.82, 2.24) is 9.97 Å². The van der Waals surface area contributed by atoms with E-state index in [1.807, 2.05) is 18.2 Å². The summed E-state index contributed by atoms with van der Waals surface area (Å²) in [6.45, 7) is 0. The van der Waals surface area contributed by atoms with Crippen LogP contribution in [-0.4, -0.2) is 15.9 Å². The van der Waals surface area contributed by atoms with Gasteiger partial charge >= 0.3 is 0 Å². The molecule has 0 aliphatic heterocycles. The van der Waals surface area contributed by atoms with Crippen LogP contribution in [0.3, 0.4) is 0 Å². The summed E-state index contributed by atoms with van der Waals surface area (Å²) in [7, 11) is 0. The molecule has 0 saturated carbocycles. The van der Waals surface area contributed by atoms with Crippen molar-refractivity contribution in [2.75, 3.05) is 5.32 Å². The maximum atomic E-state index is 12.7. The van der Waals surface area contributed by atoms with Gasteiger partial charge in [0.15, 0.2) is 0 Å². The van der Waals surface area contributed by atoms with E-state index in [2.05, 4.69) is 21.4 Å². The molecule has 5 rings (SSSR count). The summed E-state index contributed by atoms with van der Waals surface area (Å²) >= 11 is 0. The normalized spacial score (nSPS) is 12.9. The first kappa shape index (κ1) is 16.6. The van der Waals surface area contributed by atoms with Gasteiger partial charge in [-0.05, 0) is 72.9 Å². The zero-order valence-electron chi connectivity index (χ0n) is 15.1. The summed E-state index contributed by atoms with van der Waals surface area (Å²) in [5.41, 5.74) is 5.11. The number of carbonyl (C=O) groups excluding carboxylic acids is 1. The molecule has 1 aromatic heterocycles. The largest absolute Gasteiger partial charge is 0.322 e. The molecule has 0 radical (unpaired) electrons. The lowest BCUT2D eigenvalue weighted by atomic mass is 10.1. The number of hydrogen-bond donors (Lipinski definition) is 1. The molecule has 1 heterocycles. The summed E-state index contributed by atoms with van der Waals surface area (Å²) in [4.78, 5) is 33.8. The van der Waals surface area contributed by atoms with Crippen molar-refractivity contribution in [3.8, 4) is 0 Å². The highest BCUT2D eigenvalue weighted by atomic mass is 16.1. The standard InChI is InChI=1S/C23H17N3O2/c27-22(24-17-10-8-14-4-3-5-15(14)12-17)16-9-11-20-21(13-16)26-23(28)18-6-1-2-7-19(18)25-20/h1-2,6-13H,3-5H2,(H,24,27). The van der Waals surface area contributed by atoms with Crippen LogP contribution < -0.4 is 10.9 Å². The number of anilines is 1. The third-order valence-electron chi connectivity index (χ3n) is 5.19. The van der Waals surface area contributed by atoms with Gasteiger partial charge < -0.3 is 5.32 Å². The minimum Gasteiger partial charge on any atom is -0.322 e. The van der Waals surface area contributed by atoms with Crippen LogP contribution in [-0.2, 0) is 12.8 Å². The molecule has 4 aromatic rings. The van der Waals surface area contributed by atoms with Crippen LogP contribution in [0.2, 0.25) is 0 Å². The first-order valence-corrected chi connectivity index (χ1v) is 9.31. The number of rotatable bonds is 2. The third kappa shape index (κ3) is 2.91. The number of benzene rings is 3. The summed E-state index contributed by atoms with van der Waals surface area (Å²) in [6.07, 6.45) is 3.33. The zero-order chi connectivity index (χ0) is 19.1. The maximum Gasteiger partial charge on any atom is 0.279 e. The van der Waals surface area contributed by atoms with Crippen LogP contribution in [0.1, 0.15) is 27.9 Å². The monoisotopic (exact) mass is 367 g/mol. The molecule has 1 N–H and O–H groups in total. The van der Waals surface area contributed by atoms with Gasteiger partial charge in [-0.3, -0.25) is 9.59 Å². The number of aryl methyl sites for hydroxylation is 2. The summed E-state index contributed by atoms with van der Waals surface area (Å²) in [5.74, 6) is -0.231. The third-order valence-corrected chi connectivity index (χ3v) is 5.19. The fraction of sp³-hybridized carbons (Fsp3) is 0.130. The van der Waals surface area contributed by atoms with Gasteiger partial charge in [0.25, 0.3) is 11.5 Å². The van der Waals surface area contributed by atoms with E-state index >= 15 is 0 Å². The minimum atomic E-state index is -0.353. The molecule has 5 heteroatoms. The quantitative estimate of drug-likeness (QED) is 0.583. The van der Waals surface area contributed by atoms with Crippen LogP contribution in [0.4, 0.5) is 5.69 Å². The van der Waals surface area contributed by atoms with Gasteiger partial charge in [0.05, 0.1) is 21.9 Å². The van der Waals surface area contributed by atoms with Crippen molar-refractivity contribution in [3.63, 3.8) is 0 Å². The maximum absolute atomic E-state index is 12.7. The SMILES string of the molecule is O=C(Nc1ccc2c(c1)CCC2)c1ccc2nc3ccccc3c(=O)nc2c1. The van der Waals surface area contributed by atoms with E-state index < -0.39 is 0 Å². The van der Waals surface area contributed by atoms with E-state index in [4.69, 9.17) is 0 Å². The van der Waals surface area contributed by atoms with Gasteiger partial charge in [-0.15, -0.1) is 0 Å². The molecular weight excluding hydrogens is 350 g/mol. The lowest BCUT2D eigenvalue weighted by Crippen LogP contribution is -2.12. The molecule has 0 fully saturated rings. The Morgan fingerprint density at radius 2 is 1.68 bits per heavy atom. The Balaban J connectivity index is 1.53. The molecule has 0 bridgehead atoms. The molecule has 0 unspecified atom stereocenters. The number of amides is 1. The zero-order valence-corrected chi connectivity index (χ0v) is 15.1. The molecule has 3 aromatic carbocycles. The van der Waals surface area contributed by atoms with E-state index in [9.17, 15) is 9.59 Å². The van der Waals surface area contributed by atoms with Gasteiger partial charge in [0, 0.05) is 11.3 Å². The second-order valence-corrected chi connectivity index (χ2v) is 7.04. The molecule has 0 atom stereocenters. The number of nitrogens with zero attached hydrogens (tertiary/aromatic N) is 2. The minimum absolute atomic E-state index is 0.231. The Bertz CT molecular complexity index is 1310. The highest BCUT2D eigenvalue weighted by Gasteiger charge is 2.13. The Labute approximate surface area is 161 Å². The summed E-state index contributed by atoms with van der Waals surface area (Å²) in [6, 6.07) is 18.2. The Morgan fingerprint density at radius 1 is 0.821 bits per heavy atom. The number of fused-ring (bicyclic) bond motifs is 3. The smallest absolute Gasteiger partial charge is 0.279 e. The van der Waals surface area contributed by atoms with Gasteiger partial charge in [-0.1, -0.05) is 18.2 Å². The van der Waals surface area contributed by atoms with E-state index in [0.717, 1.165) is 18.5 Å². The first-order chi connectivity index (χ1) is 13.7. The van der Waals surface area contributed by atoms with Gasteiger partial charge in [0.1, 0.15) is 0 Å². The lowest BCUT2D eigenvalue weighted by Gasteiger charge is -2.07. The number of nitrogens with one attached hydrogen (secondary N) is 1. The molecule has 136 valence electrons. The fourth-order valence-corrected chi connectivity index (χ4v) is 3.75. The lowest BCUT2D eigenvalue weighted by molar-refractivity contribution is 0.102. The van der Waals surface area contributed by atoms with Gasteiger partial charge in [-0.2, -0.15) is 0 Å². The summed E-state index contributed by atoms with van der Waals surface area (Å²) < 4.78 is 0. The highest BCUT2D eigenvalue weighted by molar-refractivity contribution is 6.06. The van der Waals surface area contributed by atoms with E-state index in [-0.39, 0.29) is 11.5 Å². The number of hydrogen-bond acceptors (Lipinski definition) is 4. The molecule has 1 amide bonds. The number of aromatic nitrogens is 2. The molecular formula is C23H17N3O2. The Hall–Kier alpha value is -3.60. The molecule has 1 aliphatic carbocycles. The van der Waals surface area contributed by atoms with E-state index in [0.29, 0.717) is 27.5 Å². The van der Waals surface area contributed by atoms with Crippen LogP contribution in [0.15, 0.2) is 65.5 Å². The first-order valence-electron chi connectivity index (χ1n) is 9.31. The van der Waals surface area contributed by atoms with E-state index in [1.54, 1.807) is 36.4 Å². The summed E-state index contributed by atoms with van der Waals surface area (Å²) in [5, 5.41) is 3.40. The topological polar surface area (TPSA) is 72.0 Å². The molecule has 5 nitrogen and oxygen atoms in total. The predicted octanol–water partition coefficient (Wildman–Crippen LogP) is 3.88. The van der Waals surface area contributed by atoms with Gasteiger partial charge in [0.2, 0.25) is 0 Å². The average Bonchev–Trinajstić information content (AvgIpc) is 3.11. The predicted molar refractivity (Wildman–Crippen MR) is 110 cm³/mol. The number of para-hydroxylation sites is 1.